The number of hydrogen-bond donors (Lipinski definition) is 1. The maximum Gasteiger partial charge on any atom is 0.336 e. The Morgan fingerprint density at radius 3 is 2.41 bits per heavy atom. The maximum atomic E-state index is 13.4. The minimum Gasteiger partial charge on any atom is -0.423 e. The molecule has 0 aliphatic heterocycles. The lowest BCUT2D eigenvalue weighted by Gasteiger charge is -2.04. The largest absolute Gasteiger partial charge is 0.423 e. The molecule has 22 heavy (non-hydrogen) atoms. The number of rotatable bonds is 4. The molecule has 0 bridgehead atoms. The molecule has 112 valence electrons. The number of benzene rings is 2. The van der Waals surface area contributed by atoms with Crippen molar-refractivity contribution >= 4 is 23.6 Å². The van der Waals surface area contributed by atoms with Crippen molar-refractivity contribution in [3.8, 4) is 5.75 Å². The van der Waals surface area contributed by atoms with Gasteiger partial charge in [-0.2, -0.15) is 0 Å². The van der Waals surface area contributed by atoms with E-state index in [1.54, 1.807) is 42.5 Å². The lowest BCUT2D eigenvalue weighted by Crippen LogP contribution is -2.06. The minimum absolute atomic E-state index is 0.183. The van der Waals surface area contributed by atoms with E-state index < -0.39 is 11.8 Å². The number of anilines is 1. The molecule has 0 aliphatic rings. The normalized spacial score (nSPS) is 10.5. The summed E-state index contributed by atoms with van der Waals surface area (Å²) in [5.74, 6) is -0.878. The van der Waals surface area contributed by atoms with Crippen LogP contribution < -0.4 is 10.1 Å². The van der Waals surface area contributed by atoms with Gasteiger partial charge in [0.25, 0.3) is 0 Å². The summed E-state index contributed by atoms with van der Waals surface area (Å²) in [5, 5.41) is 2.60. The van der Waals surface area contributed by atoms with Gasteiger partial charge in [0.15, 0.2) is 0 Å². The average Bonchev–Trinajstić information content (AvgIpc) is 2.48. The van der Waals surface area contributed by atoms with E-state index in [0.29, 0.717) is 17.0 Å². The van der Waals surface area contributed by atoms with Gasteiger partial charge in [-0.3, -0.25) is 4.79 Å². The van der Waals surface area contributed by atoms with Crippen molar-refractivity contribution < 1.29 is 18.7 Å². The molecule has 4 nitrogen and oxygen atoms in total. The second-order valence-corrected chi connectivity index (χ2v) is 4.48. The Balaban J connectivity index is 1.97. The second kappa shape index (κ2) is 7.17. The van der Waals surface area contributed by atoms with Crippen molar-refractivity contribution in [3.05, 3.63) is 66.0 Å². The summed E-state index contributed by atoms with van der Waals surface area (Å²) in [6, 6.07) is 12.5. The molecule has 0 saturated heterocycles. The number of esters is 1. The smallest absolute Gasteiger partial charge is 0.336 e. The Labute approximate surface area is 127 Å². The van der Waals surface area contributed by atoms with E-state index in [1.165, 1.54) is 19.1 Å². The van der Waals surface area contributed by atoms with Crippen molar-refractivity contribution in [2.45, 2.75) is 6.92 Å². The van der Waals surface area contributed by atoms with Crippen molar-refractivity contribution in [2.75, 3.05) is 5.32 Å². The van der Waals surface area contributed by atoms with Gasteiger partial charge in [-0.25, -0.2) is 9.18 Å². The van der Waals surface area contributed by atoms with Gasteiger partial charge < -0.3 is 10.1 Å². The molecule has 2 aromatic rings. The predicted octanol–water partition coefficient (Wildman–Crippen LogP) is 3.40. The Morgan fingerprint density at radius 1 is 1.09 bits per heavy atom. The maximum absolute atomic E-state index is 13.4. The van der Waals surface area contributed by atoms with Crippen LogP contribution in [0.25, 0.3) is 6.08 Å². The molecule has 0 unspecified atom stereocenters. The molecule has 2 aromatic carbocycles. The van der Waals surface area contributed by atoms with Crippen LogP contribution in [0.4, 0.5) is 10.1 Å². The summed E-state index contributed by atoms with van der Waals surface area (Å²) in [6.07, 6.45) is 2.50. The Bertz CT molecular complexity index is 708. The van der Waals surface area contributed by atoms with Crippen LogP contribution in [-0.4, -0.2) is 11.9 Å². The number of halogens is 1. The first-order chi connectivity index (χ1) is 10.5. The summed E-state index contributed by atoms with van der Waals surface area (Å²) >= 11 is 0. The molecular formula is C17H14FNO3. The predicted molar refractivity (Wildman–Crippen MR) is 81.8 cm³/mol. The number of nitrogens with one attached hydrogen (secondary N) is 1. The van der Waals surface area contributed by atoms with Gasteiger partial charge in [0, 0.05) is 24.3 Å². The highest BCUT2D eigenvalue weighted by atomic mass is 19.1. The van der Waals surface area contributed by atoms with Crippen LogP contribution in [0.5, 0.6) is 5.75 Å². The zero-order valence-corrected chi connectivity index (χ0v) is 11.9. The van der Waals surface area contributed by atoms with Gasteiger partial charge in [-0.15, -0.1) is 0 Å². The van der Waals surface area contributed by atoms with E-state index >= 15 is 0 Å². The quantitative estimate of drug-likeness (QED) is 0.535. The summed E-state index contributed by atoms with van der Waals surface area (Å²) < 4.78 is 18.5. The number of ether oxygens (including phenoxy) is 1. The molecule has 1 N–H and O–H groups in total. The van der Waals surface area contributed by atoms with Gasteiger partial charge in [-0.1, -0.05) is 18.2 Å². The third-order valence-electron chi connectivity index (χ3n) is 2.70. The fourth-order valence-corrected chi connectivity index (χ4v) is 1.73. The van der Waals surface area contributed by atoms with Crippen molar-refractivity contribution in [3.63, 3.8) is 0 Å². The van der Waals surface area contributed by atoms with Gasteiger partial charge in [0.05, 0.1) is 0 Å². The summed E-state index contributed by atoms with van der Waals surface area (Å²) in [4.78, 5) is 22.5. The molecule has 0 heterocycles. The van der Waals surface area contributed by atoms with Crippen molar-refractivity contribution in [1.29, 1.82) is 0 Å². The molecule has 0 saturated carbocycles. The fraction of sp³-hybridized carbons (Fsp3) is 0.0588. The fourth-order valence-electron chi connectivity index (χ4n) is 1.73. The summed E-state index contributed by atoms with van der Waals surface area (Å²) in [7, 11) is 0. The van der Waals surface area contributed by atoms with Gasteiger partial charge in [0.2, 0.25) is 5.91 Å². The van der Waals surface area contributed by atoms with E-state index in [-0.39, 0.29) is 5.91 Å². The Hall–Kier alpha value is -2.95. The molecule has 0 radical (unpaired) electrons. The zero-order valence-electron chi connectivity index (χ0n) is 11.9. The van der Waals surface area contributed by atoms with Crippen LogP contribution in [0.15, 0.2) is 54.6 Å². The summed E-state index contributed by atoms with van der Waals surface area (Å²) in [5.41, 5.74) is 0.912. The van der Waals surface area contributed by atoms with Crippen LogP contribution in [0.2, 0.25) is 0 Å². The Kier molecular flexibility index (Phi) is 5.03. The molecule has 0 atom stereocenters. The van der Waals surface area contributed by atoms with Crippen LogP contribution in [-0.2, 0) is 9.59 Å². The van der Waals surface area contributed by atoms with E-state index in [4.69, 9.17) is 4.74 Å². The average molecular weight is 299 g/mol. The highest BCUT2D eigenvalue weighted by Gasteiger charge is 2.02. The molecular weight excluding hydrogens is 285 g/mol. The number of hydrogen-bond acceptors (Lipinski definition) is 3. The lowest BCUT2D eigenvalue weighted by molar-refractivity contribution is -0.128. The molecule has 0 aromatic heterocycles. The first kappa shape index (κ1) is 15.4. The van der Waals surface area contributed by atoms with Crippen LogP contribution in [0.1, 0.15) is 12.5 Å². The topological polar surface area (TPSA) is 55.4 Å². The SMILES string of the molecule is CC(=O)Nc1ccc(OC(=O)/C=C/c2ccccc2F)cc1. The van der Waals surface area contributed by atoms with Gasteiger partial charge in [0.1, 0.15) is 11.6 Å². The molecule has 0 fully saturated rings. The van der Waals surface area contributed by atoms with E-state index in [2.05, 4.69) is 5.32 Å². The number of amides is 1. The van der Waals surface area contributed by atoms with Crippen molar-refractivity contribution in [2.24, 2.45) is 0 Å². The first-order valence-corrected chi connectivity index (χ1v) is 6.56. The van der Waals surface area contributed by atoms with Gasteiger partial charge >= 0.3 is 5.97 Å². The molecule has 5 heteroatoms. The third-order valence-corrected chi connectivity index (χ3v) is 2.70. The monoisotopic (exact) mass is 299 g/mol. The molecule has 0 spiro atoms. The third kappa shape index (κ3) is 4.56. The molecule has 0 aliphatic carbocycles. The van der Waals surface area contributed by atoms with E-state index in [0.717, 1.165) is 6.08 Å². The van der Waals surface area contributed by atoms with Gasteiger partial charge in [-0.05, 0) is 36.4 Å². The highest BCUT2D eigenvalue weighted by molar-refractivity contribution is 5.90. The number of carbonyl (C=O) groups is 2. The number of carbonyl (C=O) groups excluding carboxylic acids is 2. The van der Waals surface area contributed by atoms with Crippen LogP contribution >= 0.6 is 0 Å². The lowest BCUT2D eigenvalue weighted by atomic mass is 10.2. The molecule has 1 amide bonds. The van der Waals surface area contributed by atoms with Crippen LogP contribution in [0, 0.1) is 5.82 Å². The Morgan fingerprint density at radius 2 is 1.77 bits per heavy atom. The van der Waals surface area contributed by atoms with E-state index in [9.17, 15) is 14.0 Å². The molecule has 2 rings (SSSR count). The zero-order chi connectivity index (χ0) is 15.9. The standard InChI is InChI=1S/C17H14FNO3/c1-12(20)19-14-7-9-15(10-8-14)22-17(21)11-6-13-4-2-3-5-16(13)18/h2-11H,1H3,(H,19,20)/b11-6+. The first-order valence-electron chi connectivity index (χ1n) is 6.56. The second-order valence-electron chi connectivity index (χ2n) is 4.48. The van der Waals surface area contributed by atoms with E-state index in [1.807, 2.05) is 0 Å². The van der Waals surface area contributed by atoms with Crippen molar-refractivity contribution in [1.82, 2.24) is 0 Å². The summed E-state index contributed by atoms with van der Waals surface area (Å²) in [6.45, 7) is 1.40. The minimum atomic E-state index is -0.615. The highest BCUT2D eigenvalue weighted by Crippen LogP contribution is 2.16. The van der Waals surface area contributed by atoms with Crippen LogP contribution in [0.3, 0.4) is 0 Å².